The number of hydrogen-bond acceptors (Lipinski definition) is 4. The van der Waals surface area contributed by atoms with Gasteiger partial charge in [0.05, 0.1) is 0 Å². The van der Waals surface area contributed by atoms with Gasteiger partial charge < -0.3 is 8.37 Å². The molecular formula is C13H11O4S. The lowest BCUT2D eigenvalue weighted by Gasteiger charge is -2.07. The van der Waals surface area contributed by atoms with Gasteiger partial charge in [-0.25, -0.2) is 0 Å². The van der Waals surface area contributed by atoms with Gasteiger partial charge in [-0.3, -0.25) is 0 Å². The SMILES string of the molecule is Cc1ccc(OS(=O)(=O)Oc2cc[c]cc2)cc1. The van der Waals surface area contributed by atoms with Gasteiger partial charge in [0.2, 0.25) is 0 Å². The van der Waals surface area contributed by atoms with E-state index >= 15 is 0 Å². The fraction of sp³-hybridized carbons (Fsp3) is 0.0769. The summed E-state index contributed by atoms with van der Waals surface area (Å²) in [5.41, 5.74) is 1.01. The van der Waals surface area contributed by atoms with E-state index in [2.05, 4.69) is 6.07 Å². The molecule has 1 radical (unpaired) electrons. The summed E-state index contributed by atoms with van der Waals surface area (Å²) >= 11 is 0. The molecule has 0 spiro atoms. The van der Waals surface area contributed by atoms with E-state index in [1.165, 1.54) is 12.1 Å². The topological polar surface area (TPSA) is 52.6 Å². The van der Waals surface area contributed by atoms with Gasteiger partial charge in [-0.1, -0.05) is 29.8 Å². The van der Waals surface area contributed by atoms with Crippen molar-refractivity contribution in [3.63, 3.8) is 0 Å². The van der Waals surface area contributed by atoms with Gasteiger partial charge in [0.15, 0.2) is 0 Å². The third kappa shape index (κ3) is 3.49. The van der Waals surface area contributed by atoms with Crippen molar-refractivity contribution in [3.8, 4) is 11.5 Å². The Kier molecular flexibility index (Phi) is 3.53. The van der Waals surface area contributed by atoms with Crippen molar-refractivity contribution in [2.24, 2.45) is 0 Å². The van der Waals surface area contributed by atoms with Crippen molar-refractivity contribution in [1.29, 1.82) is 0 Å². The second kappa shape index (κ2) is 5.10. The standard InChI is InChI=1S/C13H11O4S/c1-11-7-9-13(10-8-11)17-18(14,15)16-12-5-3-2-4-6-12/h3-10H,1H3. The Morgan fingerprint density at radius 2 is 1.39 bits per heavy atom. The zero-order valence-electron chi connectivity index (χ0n) is 9.66. The van der Waals surface area contributed by atoms with Crippen LogP contribution in [0.25, 0.3) is 0 Å². The smallest absolute Gasteiger partial charge is 0.353 e. The van der Waals surface area contributed by atoms with Crippen molar-refractivity contribution >= 4 is 10.4 Å². The first-order valence-electron chi connectivity index (χ1n) is 5.22. The average molecular weight is 263 g/mol. The normalized spacial score (nSPS) is 10.9. The Labute approximate surface area is 106 Å². The summed E-state index contributed by atoms with van der Waals surface area (Å²) < 4.78 is 32.8. The largest absolute Gasteiger partial charge is 0.500 e. The van der Waals surface area contributed by atoms with E-state index in [9.17, 15) is 8.42 Å². The van der Waals surface area contributed by atoms with E-state index in [-0.39, 0.29) is 11.5 Å². The van der Waals surface area contributed by atoms with Crippen LogP contribution in [0.5, 0.6) is 11.5 Å². The molecule has 0 aliphatic carbocycles. The van der Waals surface area contributed by atoms with Crippen LogP contribution in [-0.4, -0.2) is 8.42 Å². The average Bonchev–Trinajstić information content (AvgIpc) is 2.32. The summed E-state index contributed by atoms with van der Waals surface area (Å²) in [7, 11) is -4.11. The molecule has 0 saturated heterocycles. The minimum absolute atomic E-state index is 0.181. The lowest BCUT2D eigenvalue weighted by Crippen LogP contribution is -2.16. The first-order valence-corrected chi connectivity index (χ1v) is 6.55. The van der Waals surface area contributed by atoms with Gasteiger partial charge >= 0.3 is 10.4 Å². The van der Waals surface area contributed by atoms with Crippen molar-refractivity contribution < 1.29 is 16.8 Å². The second-order valence-corrected chi connectivity index (χ2v) is 4.77. The first kappa shape index (κ1) is 12.4. The lowest BCUT2D eigenvalue weighted by molar-refractivity contribution is 0.392. The van der Waals surface area contributed by atoms with Crippen molar-refractivity contribution in [3.05, 3.63) is 60.2 Å². The fourth-order valence-electron chi connectivity index (χ4n) is 1.27. The number of hydrogen-bond donors (Lipinski definition) is 0. The predicted molar refractivity (Wildman–Crippen MR) is 66.6 cm³/mol. The van der Waals surface area contributed by atoms with Gasteiger partial charge in [0.1, 0.15) is 11.5 Å². The summed E-state index contributed by atoms with van der Waals surface area (Å²) in [5, 5.41) is 0. The highest BCUT2D eigenvalue weighted by Crippen LogP contribution is 2.17. The molecule has 0 aliphatic rings. The van der Waals surface area contributed by atoms with Crippen LogP contribution in [0.3, 0.4) is 0 Å². The minimum Gasteiger partial charge on any atom is -0.353 e. The zero-order valence-corrected chi connectivity index (χ0v) is 10.5. The molecule has 0 fully saturated rings. The molecule has 0 aliphatic heterocycles. The predicted octanol–water partition coefficient (Wildman–Crippen LogP) is 2.50. The quantitative estimate of drug-likeness (QED) is 0.850. The van der Waals surface area contributed by atoms with Gasteiger partial charge in [0, 0.05) is 0 Å². The Morgan fingerprint density at radius 3 is 1.94 bits per heavy atom. The Hall–Kier alpha value is -2.01. The zero-order chi connectivity index (χ0) is 13.0. The van der Waals surface area contributed by atoms with Crippen LogP contribution in [-0.2, 0) is 10.4 Å². The molecule has 0 saturated carbocycles. The minimum atomic E-state index is -4.11. The first-order chi connectivity index (χ1) is 8.55. The molecule has 0 atom stereocenters. The molecule has 0 unspecified atom stereocenters. The lowest BCUT2D eigenvalue weighted by atomic mass is 10.2. The summed E-state index contributed by atoms with van der Waals surface area (Å²) in [4.78, 5) is 0. The van der Waals surface area contributed by atoms with Crippen LogP contribution in [0.1, 0.15) is 5.56 Å². The Bertz CT molecular complexity index is 603. The maximum absolute atomic E-state index is 11.6. The number of aryl methyl sites for hydroxylation is 1. The Balaban J connectivity index is 2.10. The van der Waals surface area contributed by atoms with E-state index in [1.54, 1.807) is 36.4 Å². The third-order valence-corrected chi connectivity index (χ3v) is 2.90. The van der Waals surface area contributed by atoms with E-state index in [4.69, 9.17) is 8.37 Å². The van der Waals surface area contributed by atoms with E-state index in [0.29, 0.717) is 0 Å². The highest BCUT2D eigenvalue weighted by molar-refractivity contribution is 7.82. The van der Waals surface area contributed by atoms with Crippen LogP contribution in [0.2, 0.25) is 0 Å². The highest BCUT2D eigenvalue weighted by atomic mass is 32.3. The van der Waals surface area contributed by atoms with E-state index in [0.717, 1.165) is 5.56 Å². The van der Waals surface area contributed by atoms with Gasteiger partial charge in [-0.2, -0.15) is 0 Å². The molecular weight excluding hydrogens is 252 g/mol. The van der Waals surface area contributed by atoms with E-state index < -0.39 is 10.4 Å². The summed E-state index contributed by atoms with van der Waals surface area (Å²) in [6.45, 7) is 1.90. The van der Waals surface area contributed by atoms with Crippen LogP contribution < -0.4 is 8.37 Å². The molecule has 93 valence electrons. The van der Waals surface area contributed by atoms with Crippen LogP contribution in [0, 0.1) is 13.0 Å². The van der Waals surface area contributed by atoms with Gasteiger partial charge in [-0.05, 0) is 37.3 Å². The maximum atomic E-state index is 11.6. The van der Waals surface area contributed by atoms with Crippen molar-refractivity contribution in [1.82, 2.24) is 0 Å². The summed E-state index contributed by atoms with van der Waals surface area (Å²) in [6.07, 6.45) is 0. The second-order valence-electron chi connectivity index (χ2n) is 3.62. The molecule has 2 rings (SSSR count). The fourth-order valence-corrected chi connectivity index (χ4v) is 2.00. The maximum Gasteiger partial charge on any atom is 0.500 e. The molecule has 0 aromatic heterocycles. The summed E-state index contributed by atoms with van der Waals surface area (Å²) in [6, 6.07) is 15.5. The van der Waals surface area contributed by atoms with E-state index in [1.807, 2.05) is 6.92 Å². The molecule has 2 aromatic carbocycles. The number of rotatable bonds is 4. The van der Waals surface area contributed by atoms with Crippen molar-refractivity contribution in [2.75, 3.05) is 0 Å². The summed E-state index contributed by atoms with van der Waals surface area (Å²) in [5.74, 6) is 0.393. The molecule has 18 heavy (non-hydrogen) atoms. The molecule has 0 heterocycles. The van der Waals surface area contributed by atoms with Crippen LogP contribution in [0.4, 0.5) is 0 Å². The molecule has 0 bridgehead atoms. The van der Waals surface area contributed by atoms with Crippen molar-refractivity contribution in [2.45, 2.75) is 6.92 Å². The molecule has 5 heteroatoms. The number of benzene rings is 2. The van der Waals surface area contributed by atoms with Gasteiger partial charge in [0.25, 0.3) is 0 Å². The molecule has 0 N–H and O–H groups in total. The third-order valence-electron chi connectivity index (χ3n) is 2.11. The monoisotopic (exact) mass is 263 g/mol. The van der Waals surface area contributed by atoms with Crippen LogP contribution in [0.15, 0.2) is 48.5 Å². The molecule has 0 amide bonds. The Morgan fingerprint density at radius 1 is 0.889 bits per heavy atom. The van der Waals surface area contributed by atoms with Crippen LogP contribution >= 0.6 is 0 Å². The highest BCUT2D eigenvalue weighted by Gasteiger charge is 2.15. The molecule has 2 aromatic rings. The van der Waals surface area contributed by atoms with Gasteiger partial charge in [-0.15, -0.1) is 8.42 Å². The molecule has 4 nitrogen and oxygen atoms in total.